The summed E-state index contributed by atoms with van der Waals surface area (Å²) in [4.78, 5) is 14.1. The Morgan fingerprint density at radius 1 is 1.33 bits per heavy atom. The van der Waals surface area contributed by atoms with E-state index in [-0.39, 0.29) is 5.91 Å². The van der Waals surface area contributed by atoms with E-state index >= 15 is 0 Å². The molecule has 0 spiro atoms. The number of carbonyl (C=O) groups excluding carboxylic acids is 1. The van der Waals surface area contributed by atoms with Crippen molar-refractivity contribution in [2.45, 2.75) is 45.6 Å². The Morgan fingerprint density at radius 3 is 2.67 bits per heavy atom. The summed E-state index contributed by atoms with van der Waals surface area (Å²) in [6.45, 7) is 10.1. The van der Waals surface area contributed by atoms with Gasteiger partial charge in [0.1, 0.15) is 0 Å². The topological polar surface area (TPSA) is 53.6 Å². The number of hydrogen-bond donors (Lipinski definition) is 2. The molecule has 21 heavy (non-hydrogen) atoms. The standard InChI is InChI=1S/C16H33N3O2/c1-4-10-19-11-6-15(7-12-19)14(2)17-8-5-16(20)18-9-13-21-3/h14-15,17H,4-13H2,1-3H3,(H,18,20). The number of amides is 1. The molecule has 1 heterocycles. The number of methoxy groups -OCH3 is 1. The Balaban J connectivity index is 2.08. The van der Waals surface area contributed by atoms with Gasteiger partial charge in [-0.2, -0.15) is 0 Å². The highest BCUT2D eigenvalue weighted by Crippen LogP contribution is 2.20. The highest BCUT2D eigenvalue weighted by atomic mass is 16.5. The molecule has 0 bridgehead atoms. The number of piperidine rings is 1. The molecule has 1 aliphatic rings. The molecule has 0 saturated carbocycles. The van der Waals surface area contributed by atoms with Crippen LogP contribution < -0.4 is 10.6 Å². The molecule has 124 valence electrons. The number of rotatable bonds is 10. The van der Waals surface area contributed by atoms with Gasteiger partial charge in [-0.25, -0.2) is 0 Å². The van der Waals surface area contributed by atoms with Crippen molar-refractivity contribution in [3.63, 3.8) is 0 Å². The molecule has 2 N–H and O–H groups in total. The third-order valence-corrected chi connectivity index (χ3v) is 4.33. The van der Waals surface area contributed by atoms with Crippen LogP contribution in [0.4, 0.5) is 0 Å². The lowest BCUT2D eigenvalue weighted by atomic mass is 9.90. The molecule has 1 saturated heterocycles. The molecule has 1 atom stereocenters. The van der Waals surface area contributed by atoms with Gasteiger partial charge in [0, 0.05) is 32.7 Å². The van der Waals surface area contributed by atoms with Gasteiger partial charge in [-0.05, 0) is 51.7 Å². The average Bonchev–Trinajstić information content (AvgIpc) is 2.48. The van der Waals surface area contributed by atoms with Crippen molar-refractivity contribution in [1.29, 1.82) is 0 Å². The second-order valence-corrected chi connectivity index (χ2v) is 6.01. The molecule has 0 aromatic rings. The van der Waals surface area contributed by atoms with Crippen LogP contribution in [0.5, 0.6) is 0 Å². The minimum Gasteiger partial charge on any atom is -0.383 e. The monoisotopic (exact) mass is 299 g/mol. The maximum absolute atomic E-state index is 11.6. The van der Waals surface area contributed by atoms with E-state index in [2.05, 4.69) is 29.4 Å². The van der Waals surface area contributed by atoms with Crippen LogP contribution in [0.25, 0.3) is 0 Å². The summed E-state index contributed by atoms with van der Waals surface area (Å²) in [6.07, 6.45) is 4.34. The van der Waals surface area contributed by atoms with Crippen LogP contribution >= 0.6 is 0 Å². The van der Waals surface area contributed by atoms with E-state index in [0.29, 0.717) is 25.6 Å². The van der Waals surface area contributed by atoms with E-state index < -0.39 is 0 Å². The van der Waals surface area contributed by atoms with E-state index in [1.165, 1.54) is 38.9 Å². The van der Waals surface area contributed by atoms with Crippen molar-refractivity contribution in [2.75, 3.05) is 46.4 Å². The summed E-state index contributed by atoms with van der Waals surface area (Å²) >= 11 is 0. The molecule has 1 aliphatic heterocycles. The molecule has 1 fully saturated rings. The predicted octanol–water partition coefficient (Wildman–Crippen LogP) is 1.24. The lowest BCUT2D eigenvalue weighted by Crippen LogP contribution is -2.43. The smallest absolute Gasteiger partial charge is 0.221 e. The quantitative estimate of drug-likeness (QED) is 0.596. The first-order chi connectivity index (χ1) is 10.2. The lowest BCUT2D eigenvalue weighted by molar-refractivity contribution is -0.121. The van der Waals surface area contributed by atoms with Crippen molar-refractivity contribution in [1.82, 2.24) is 15.5 Å². The van der Waals surface area contributed by atoms with Gasteiger partial charge in [-0.1, -0.05) is 6.92 Å². The van der Waals surface area contributed by atoms with E-state index in [1.54, 1.807) is 7.11 Å². The summed E-state index contributed by atoms with van der Waals surface area (Å²) in [7, 11) is 1.64. The number of ether oxygens (including phenoxy) is 1. The lowest BCUT2D eigenvalue weighted by Gasteiger charge is -2.35. The Bertz CT molecular complexity index is 279. The van der Waals surface area contributed by atoms with Gasteiger partial charge in [0.15, 0.2) is 0 Å². The van der Waals surface area contributed by atoms with Crippen LogP contribution in [-0.2, 0) is 9.53 Å². The average molecular weight is 299 g/mol. The van der Waals surface area contributed by atoms with Crippen molar-refractivity contribution in [2.24, 2.45) is 5.92 Å². The summed E-state index contributed by atoms with van der Waals surface area (Å²) in [5, 5.41) is 6.36. The van der Waals surface area contributed by atoms with Gasteiger partial charge in [0.2, 0.25) is 5.91 Å². The first-order valence-electron chi connectivity index (χ1n) is 8.38. The zero-order valence-electron chi connectivity index (χ0n) is 14.0. The predicted molar refractivity (Wildman–Crippen MR) is 86.4 cm³/mol. The molecule has 1 amide bonds. The molecule has 5 heteroatoms. The van der Waals surface area contributed by atoms with Gasteiger partial charge in [0.25, 0.3) is 0 Å². The maximum Gasteiger partial charge on any atom is 0.221 e. The zero-order chi connectivity index (χ0) is 15.5. The van der Waals surface area contributed by atoms with Crippen LogP contribution in [0.1, 0.15) is 39.5 Å². The second-order valence-electron chi connectivity index (χ2n) is 6.01. The Hall–Kier alpha value is -0.650. The third-order valence-electron chi connectivity index (χ3n) is 4.33. The molecule has 1 rings (SSSR count). The van der Waals surface area contributed by atoms with Crippen LogP contribution in [0.2, 0.25) is 0 Å². The van der Waals surface area contributed by atoms with Gasteiger partial charge >= 0.3 is 0 Å². The van der Waals surface area contributed by atoms with Crippen LogP contribution in [-0.4, -0.2) is 63.3 Å². The summed E-state index contributed by atoms with van der Waals surface area (Å²) in [6, 6.07) is 0.501. The molecular weight excluding hydrogens is 266 g/mol. The first kappa shape index (κ1) is 18.4. The summed E-state index contributed by atoms with van der Waals surface area (Å²) in [5.41, 5.74) is 0. The van der Waals surface area contributed by atoms with E-state index in [4.69, 9.17) is 4.74 Å². The highest BCUT2D eigenvalue weighted by Gasteiger charge is 2.23. The Labute approximate surface area is 129 Å². The molecule has 0 radical (unpaired) electrons. The number of nitrogens with zero attached hydrogens (tertiary/aromatic N) is 1. The summed E-state index contributed by atoms with van der Waals surface area (Å²) in [5.74, 6) is 0.846. The molecular formula is C16H33N3O2. The van der Waals surface area contributed by atoms with Gasteiger partial charge < -0.3 is 20.3 Å². The number of carbonyl (C=O) groups is 1. The fraction of sp³-hybridized carbons (Fsp3) is 0.938. The minimum absolute atomic E-state index is 0.101. The minimum atomic E-state index is 0.101. The van der Waals surface area contributed by atoms with E-state index in [0.717, 1.165) is 12.5 Å². The Kier molecular flexibility index (Phi) is 9.63. The van der Waals surface area contributed by atoms with Crippen LogP contribution in [0, 0.1) is 5.92 Å². The molecule has 0 aliphatic carbocycles. The number of hydrogen-bond acceptors (Lipinski definition) is 4. The largest absolute Gasteiger partial charge is 0.383 e. The fourth-order valence-electron chi connectivity index (χ4n) is 2.95. The number of nitrogens with one attached hydrogen (secondary N) is 2. The molecule has 0 aromatic carbocycles. The zero-order valence-corrected chi connectivity index (χ0v) is 14.0. The van der Waals surface area contributed by atoms with Crippen molar-refractivity contribution in [3.05, 3.63) is 0 Å². The van der Waals surface area contributed by atoms with Crippen LogP contribution in [0.15, 0.2) is 0 Å². The normalized spacial score (nSPS) is 18.6. The summed E-state index contributed by atoms with van der Waals surface area (Å²) < 4.78 is 4.91. The molecule has 0 aromatic heterocycles. The van der Waals surface area contributed by atoms with E-state index in [9.17, 15) is 4.79 Å². The molecule has 5 nitrogen and oxygen atoms in total. The SMILES string of the molecule is CCCN1CCC(C(C)NCCC(=O)NCCOC)CC1. The highest BCUT2D eigenvalue weighted by molar-refractivity contribution is 5.76. The Morgan fingerprint density at radius 2 is 2.05 bits per heavy atom. The first-order valence-corrected chi connectivity index (χ1v) is 8.38. The van der Waals surface area contributed by atoms with Crippen LogP contribution in [0.3, 0.4) is 0 Å². The van der Waals surface area contributed by atoms with Gasteiger partial charge in [-0.3, -0.25) is 4.79 Å². The van der Waals surface area contributed by atoms with Crippen molar-refractivity contribution < 1.29 is 9.53 Å². The number of likely N-dealkylation sites (tertiary alicyclic amines) is 1. The molecule has 1 unspecified atom stereocenters. The van der Waals surface area contributed by atoms with Crippen molar-refractivity contribution >= 4 is 5.91 Å². The van der Waals surface area contributed by atoms with E-state index in [1.807, 2.05) is 0 Å². The maximum atomic E-state index is 11.6. The van der Waals surface area contributed by atoms with Gasteiger partial charge in [0.05, 0.1) is 6.61 Å². The second kappa shape index (κ2) is 11.0. The third kappa shape index (κ3) is 7.79. The fourth-order valence-corrected chi connectivity index (χ4v) is 2.95. The van der Waals surface area contributed by atoms with Gasteiger partial charge in [-0.15, -0.1) is 0 Å². The van der Waals surface area contributed by atoms with Crippen molar-refractivity contribution in [3.8, 4) is 0 Å².